The first-order valence-corrected chi connectivity index (χ1v) is 11.0. The zero-order valence-corrected chi connectivity index (χ0v) is 17.1. The molecule has 5 heteroatoms. The van der Waals surface area contributed by atoms with Gasteiger partial charge in [-0.1, -0.05) is 53.7 Å². The van der Waals surface area contributed by atoms with Gasteiger partial charge < -0.3 is 14.9 Å². The molecule has 0 unspecified atom stereocenters. The maximum atomic E-state index is 11.5. The van der Waals surface area contributed by atoms with Crippen molar-refractivity contribution in [3.8, 4) is 5.75 Å². The molecule has 4 nitrogen and oxygen atoms in total. The molecule has 1 atom stereocenters. The van der Waals surface area contributed by atoms with Crippen molar-refractivity contribution in [3.63, 3.8) is 0 Å². The largest absolute Gasteiger partial charge is 0.488 e. The second kappa shape index (κ2) is 8.67. The van der Waals surface area contributed by atoms with Crippen molar-refractivity contribution in [1.29, 1.82) is 0 Å². The number of ether oxygens (including phenoxy) is 1. The highest BCUT2D eigenvalue weighted by atomic mass is 28.4. The zero-order valence-electron chi connectivity index (χ0n) is 16.1. The molecule has 2 N–H and O–H groups in total. The van der Waals surface area contributed by atoms with E-state index in [9.17, 15) is 4.79 Å². The van der Waals surface area contributed by atoms with Crippen LogP contribution in [-0.2, 0) is 4.43 Å². The van der Waals surface area contributed by atoms with Crippen LogP contribution in [0, 0.1) is 0 Å². The normalized spacial score (nSPS) is 13.6. The van der Waals surface area contributed by atoms with Crippen molar-refractivity contribution >= 4 is 14.2 Å². The summed E-state index contributed by atoms with van der Waals surface area (Å²) in [7, 11) is -1.91. The minimum absolute atomic E-state index is 0.145. The van der Waals surface area contributed by atoms with Crippen molar-refractivity contribution < 1.29 is 14.0 Å². The second-order valence-electron chi connectivity index (χ2n) is 7.42. The Labute approximate surface area is 147 Å². The van der Waals surface area contributed by atoms with E-state index in [2.05, 4.69) is 41.5 Å². The van der Waals surface area contributed by atoms with E-state index in [1.165, 1.54) is 0 Å². The summed E-state index contributed by atoms with van der Waals surface area (Å²) in [4.78, 5) is 11.5. The minimum atomic E-state index is -1.91. The Bertz CT molecular complexity index is 521. The van der Waals surface area contributed by atoms with Gasteiger partial charge in [0.1, 0.15) is 11.9 Å². The van der Waals surface area contributed by atoms with Crippen LogP contribution in [0.15, 0.2) is 24.3 Å². The van der Waals surface area contributed by atoms with Crippen LogP contribution in [0.3, 0.4) is 0 Å². The van der Waals surface area contributed by atoms with Crippen LogP contribution in [0.5, 0.6) is 5.75 Å². The summed E-state index contributed by atoms with van der Waals surface area (Å²) in [6, 6.07) is 7.07. The van der Waals surface area contributed by atoms with Crippen molar-refractivity contribution in [2.45, 2.75) is 71.2 Å². The second-order valence-corrected chi connectivity index (χ2v) is 12.9. The molecule has 0 saturated carbocycles. The number of primary amides is 1. The van der Waals surface area contributed by atoms with E-state index in [-0.39, 0.29) is 6.10 Å². The Morgan fingerprint density at radius 2 is 1.50 bits per heavy atom. The Kier molecular flexibility index (Phi) is 7.48. The fourth-order valence-corrected chi connectivity index (χ4v) is 9.31. The lowest BCUT2D eigenvalue weighted by atomic mass is 10.2. The molecule has 1 amide bonds. The number of rotatable bonds is 9. The van der Waals surface area contributed by atoms with E-state index in [0.29, 0.717) is 34.5 Å². The monoisotopic (exact) mass is 351 g/mol. The Hall–Kier alpha value is -1.33. The third-order valence-electron chi connectivity index (χ3n) is 4.76. The molecule has 0 spiro atoms. The Balaban J connectivity index is 2.84. The van der Waals surface area contributed by atoms with E-state index in [0.717, 1.165) is 0 Å². The van der Waals surface area contributed by atoms with Crippen LogP contribution in [-0.4, -0.2) is 26.9 Å². The fourth-order valence-electron chi connectivity index (χ4n) is 3.79. The number of nitrogens with two attached hydrogens (primary N) is 1. The first kappa shape index (κ1) is 20.7. The van der Waals surface area contributed by atoms with Crippen LogP contribution in [0.4, 0.5) is 0 Å². The van der Waals surface area contributed by atoms with Crippen LogP contribution < -0.4 is 10.5 Å². The lowest BCUT2D eigenvalue weighted by molar-refractivity contribution is 0.0983. The average Bonchev–Trinajstić information content (AvgIpc) is 2.46. The van der Waals surface area contributed by atoms with Gasteiger partial charge in [-0.2, -0.15) is 0 Å². The van der Waals surface area contributed by atoms with Crippen molar-refractivity contribution in [3.05, 3.63) is 29.8 Å². The summed E-state index contributed by atoms with van der Waals surface area (Å²) >= 11 is 0. The maximum absolute atomic E-state index is 11.5. The van der Waals surface area contributed by atoms with E-state index in [1.807, 2.05) is 13.0 Å². The summed E-state index contributed by atoms with van der Waals surface area (Å²) in [5.74, 6) is 0.0426. The van der Waals surface area contributed by atoms with E-state index in [1.54, 1.807) is 18.2 Å². The van der Waals surface area contributed by atoms with E-state index in [4.69, 9.17) is 14.9 Å². The highest BCUT2D eigenvalue weighted by molar-refractivity contribution is 6.77. The standard InChI is InChI=1S/C19H33NO3Si/c1-13(2)24(14(3)4,15(5)6)22-12-16(7)23-18-11-9-8-10-17(18)19(20)21/h8-11,13-16H,12H2,1-7H3,(H2,20,21)/t16-/m0/s1. The van der Waals surface area contributed by atoms with Gasteiger partial charge >= 0.3 is 0 Å². The molecule has 0 radical (unpaired) electrons. The van der Waals surface area contributed by atoms with Crippen molar-refractivity contribution in [2.75, 3.05) is 6.61 Å². The van der Waals surface area contributed by atoms with Crippen molar-refractivity contribution in [2.24, 2.45) is 5.73 Å². The van der Waals surface area contributed by atoms with Crippen LogP contribution in [0.25, 0.3) is 0 Å². The third kappa shape index (κ3) is 4.60. The van der Waals surface area contributed by atoms with Gasteiger partial charge in [0.05, 0.1) is 12.2 Å². The van der Waals surface area contributed by atoms with E-state index < -0.39 is 14.2 Å². The molecule has 0 aliphatic rings. The number of amides is 1. The van der Waals surface area contributed by atoms with Crippen LogP contribution in [0.2, 0.25) is 16.6 Å². The van der Waals surface area contributed by atoms with E-state index >= 15 is 0 Å². The summed E-state index contributed by atoms with van der Waals surface area (Å²) in [5.41, 5.74) is 7.41. The van der Waals surface area contributed by atoms with Gasteiger partial charge in [0.2, 0.25) is 8.32 Å². The molecule has 1 rings (SSSR count). The third-order valence-corrected chi connectivity index (χ3v) is 10.8. The smallest absolute Gasteiger partial charge is 0.252 e. The van der Waals surface area contributed by atoms with Gasteiger partial charge in [-0.3, -0.25) is 4.79 Å². The zero-order chi connectivity index (χ0) is 18.5. The SMILES string of the molecule is CC(C)[Si](OC[C@H](C)Oc1ccccc1C(N)=O)(C(C)C)C(C)C. The quantitative estimate of drug-likeness (QED) is 0.653. The number of para-hydroxylation sites is 1. The summed E-state index contributed by atoms with van der Waals surface area (Å²) in [5, 5.41) is 0. The van der Waals surface area contributed by atoms with Gasteiger partial charge in [0, 0.05) is 0 Å². The summed E-state index contributed by atoms with van der Waals surface area (Å²) in [6.07, 6.45) is -0.145. The molecule has 0 heterocycles. The Morgan fingerprint density at radius 3 is 1.96 bits per heavy atom. The number of benzene rings is 1. The highest BCUT2D eigenvalue weighted by Crippen LogP contribution is 2.42. The molecule has 0 fully saturated rings. The number of hydrogen-bond donors (Lipinski definition) is 1. The first-order chi connectivity index (χ1) is 11.1. The predicted molar refractivity (Wildman–Crippen MR) is 102 cm³/mol. The molecule has 136 valence electrons. The molecule has 0 bridgehead atoms. The molecular formula is C19H33NO3Si. The molecule has 0 aliphatic carbocycles. The lowest BCUT2D eigenvalue weighted by Crippen LogP contribution is -2.49. The molecule has 0 aromatic heterocycles. The van der Waals surface area contributed by atoms with Crippen molar-refractivity contribution in [1.82, 2.24) is 0 Å². The van der Waals surface area contributed by atoms with Crippen LogP contribution in [0.1, 0.15) is 58.8 Å². The molecular weight excluding hydrogens is 318 g/mol. The lowest BCUT2D eigenvalue weighted by Gasteiger charge is -2.42. The molecule has 1 aromatic carbocycles. The number of hydrogen-bond acceptors (Lipinski definition) is 3. The number of carbonyl (C=O) groups is 1. The van der Waals surface area contributed by atoms with Gasteiger partial charge in [-0.25, -0.2) is 0 Å². The maximum Gasteiger partial charge on any atom is 0.252 e. The summed E-state index contributed by atoms with van der Waals surface area (Å²) < 4.78 is 12.5. The summed E-state index contributed by atoms with van der Waals surface area (Å²) in [6.45, 7) is 16.1. The fraction of sp³-hybridized carbons (Fsp3) is 0.632. The topological polar surface area (TPSA) is 61.6 Å². The molecule has 0 aliphatic heterocycles. The number of carbonyl (C=O) groups excluding carboxylic acids is 1. The minimum Gasteiger partial charge on any atom is -0.488 e. The molecule has 0 saturated heterocycles. The predicted octanol–water partition coefficient (Wildman–Crippen LogP) is 4.74. The first-order valence-electron chi connectivity index (χ1n) is 8.82. The highest BCUT2D eigenvalue weighted by Gasteiger charge is 2.45. The van der Waals surface area contributed by atoms with Gasteiger partial charge in [0.25, 0.3) is 5.91 Å². The van der Waals surface area contributed by atoms with Crippen LogP contribution >= 0.6 is 0 Å². The van der Waals surface area contributed by atoms with Gasteiger partial charge in [-0.05, 0) is 35.7 Å². The molecule has 24 heavy (non-hydrogen) atoms. The average molecular weight is 352 g/mol. The van der Waals surface area contributed by atoms with Gasteiger partial charge in [-0.15, -0.1) is 0 Å². The molecule has 1 aromatic rings. The van der Waals surface area contributed by atoms with Gasteiger partial charge in [0.15, 0.2) is 0 Å². The Morgan fingerprint density at radius 1 is 1.00 bits per heavy atom.